The van der Waals surface area contributed by atoms with Gasteiger partial charge in [0.05, 0.1) is 12.1 Å². The van der Waals surface area contributed by atoms with Crippen molar-refractivity contribution < 1.29 is 13.2 Å². The van der Waals surface area contributed by atoms with Crippen LogP contribution in [0.5, 0.6) is 0 Å². The third kappa shape index (κ3) is 3.88. The molecule has 6 heteroatoms. The van der Waals surface area contributed by atoms with Crippen LogP contribution in [0.15, 0.2) is 29.3 Å². The SMILES string of the molecule is NC(=NCc1ccccc1C(F)(F)F)NC1CCCC1. The Labute approximate surface area is 116 Å². The Morgan fingerprint density at radius 3 is 2.55 bits per heavy atom. The van der Waals surface area contributed by atoms with E-state index in [1.165, 1.54) is 12.1 Å². The molecule has 2 rings (SSSR count). The first-order valence-electron chi connectivity index (χ1n) is 6.68. The number of hydrogen-bond donors (Lipinski definition) is 2. The first kappa shape index (κ1) is 14.7. The molecule has 0 spiro atoms. The van der Waals surface area contributed by atoms with Gasteiger partial charge in [-0.15, -0.1) is 0 Å². The molecule has 0 amide bonds. The van der Waals surface area contributed by atoms with Crippen molar-refractivity contribution in [2.24, 2.45) is 10.7 Å². The van der Waals surface area contributed by atoms with E-state index in [0.717, 1.165) is 31.7 Å². The van der Waals surface area contributed by atoms with E-state index in [1.54, 1.807) is 6.07 Å². The van der Waals surface area contributed by atoms with E-state index in [1.807, 2.05) is 0 Å². The van der Waals surface area contributed by atoms with Gasteiger partial charge < -0.3 is 11.1 Å². The van der Waals surface area contributed by atoms with Crippen molar-refractivity contribution in [2.75, 3.05) is 0 Å². The molecular weight excluding hydrogens is 267 g/mol. The van der Waals surface area contributed by atoms with E-state index < -0.39 is 11.7 Å². The predicted molar refractivity (Wildman–Crippen MR) is 72.2 cm³/mol. The van der Waals surface area contributed by atoms with Crippen molar-refractivity contribution in [2.45, 2.75) is 44.4 Å². The minimum absolute atomic E-state index is 0.0682. The van der Waals surface area contributed by atoms with Crippen molar-refractivity contribution in [1.29, 1.82) is 0 Å². The number of aliphatic imine (C=N–C) groups is 1. The molecule has 0 aliphatic heterocycles. The highest BCUT2D eigenvalue weighted by atomic mass is 19.4. The molecule has 3 nitrogen and oxygen atoms in total. The molecule has 0 atom stereocenters. The standard InChI is InChI=1S/C14H18F3N3/c15-14(16,17)12-8-4-1-5-10(12)9-19-13(18)20-11-6-2-3-7-11/h1,4-5,8,11H,2-3,6-7,9H2,(H3,18,19,20). The molecule has 0 radical (unpaired) electrons. The van der Waals surface area contributed by atoms with Crippen LogP contribution in [0.25, 0.3) is 0 Å². The topological polar surface area (TPSA) is 50.4 Å². The summed E-state index contributed by atoms with van der Waals surface area (Å²) in [5, 5.41) is 3.05. The van der Waals surface area contributed by atoms with Gasteiger partial charge in [0, 0.05) is 6.04 Å². The summed E-state index contributed by atoms with van der Waals surface area (Å²) in [6.45, 7) is -0.0682. The highest BCUT2D eigenvalue weighted by Gasteiger charge is 2.32. The smallest absolute Gasteiger partial charge is 0.370 e. The fraction of sp³-hybridized carbons (Fsp3) is 0.500. The minimum atomic E-state index is -4.36. The largest absolute Gasteiger partial charge is 0.416 e. The fourth-order valence-corrected chi connectivity index (χ4v) is 2.43. The van der Waals surface area contributed by atoms with E-state index in [4.69, 9.17) is 5.73 Å². The van der Waals surface area contributed by atoms with Crippen LogP contribution in [0.1, 0.15) is 36.8 Å². The van der Waals surface area contributed by atoms with E-state index in [9.17, 15) is 13.2 Å². The lowest BCUT2D eigenvalue weighted by Gasteiger charge is -2.14. The van der Waals surface area contributed by atoms with Crippen molar-refractivity contribution in [3.63, 3.8) is 0 Å². The number of halogens is 3. The van der Waals surface area contributed by atoms with Gasteiger partial charge >= 0.3 is 6.18 Å². The molecule has 20 heavy (non-hydrogen) atoms. The van der Waals surface area contributed by atoms with Gasteiger partial charge in [-0.2, -0.15) is 13.2 Å². The second kappa shape index (κ2) is 6.15. The molecule has 1 saturated carbocycles. The van der Waals surface area contributed by atoms with Gasteiger partial charge in [0.1, 0.15) is 0 Å². The average Bonchev–Trinajstić information content (AvgIpc) is 2.88. The maximum Gasteiger partial charge on any atom is 0.416 e. The Kier molecular flexibility index (Phi) is 4.52. The van der Waals surface area contributed by atoms with Gasteiger partial charge in [0.2, 0.25) is 0 Å². The molecule has 0 aromatic heterocycles. The first-order chi connectivity index (χ1) is 9.47. The highest BCUT2D eigenvalue weighted by molar-refractivity contribution is 5.78. The van der Waals surface area contributed by atoms with E-state index in [-0.39, 0.29) is 18.1 Å². The number of nitrogens with zero attached hydrogens (tertiary/aromatic N) is 1. The number of benzene rings is 1. The number of nitrogens with one attached hydrogen (secondary N) is 1. The molecule has 0 saturated heterocycles. The van der Waals surface area contributed by atoms with Crippen LogP contribution in [0.4, 0.5) is 13.2 Å². The van der Waals surface area contributed by atoms with Crippen molar-refractivity contribution in [1.82, 2.24) is 5.32 Å². The first-order valence-corrected chi connectivity index (χ1v) is 6.68. The van der Waals surface area contributed by atoms with Gasteiger partial charge in [-0.3, -0.25) is 0 Å². The predicted octanol–water partition coefficient (Wildman–Crippen LogP) is 3.05. The second-order valence-corrected chi connectivity index (χ2v) is 4.98. The third-order valence-electron chi connectivity index (χ3n) is 3.45. The van der Waals surface area contributed by atoms with Gasteiger partial charge in [-0.25, -0.2) is 4.99 Å². The quantitative estimate of drug-likeness (QED) is 0.662. The lowest BCUT2D eigenvalue weighted by Crippen LogP contribution is -2.38. The molecule has 0 heterocycles. The Hall–Kier alpha value is -1.72. The van der Waals surface area contributed by atoms with Gasteiger partial charge in [-0.05, 0) is 24.5 Å². The Morgan fingerprint density at radius 1 is 1.25 bits per heavy atom. The highest BCUT2D eigenvalue weighted by Crippen LogP contribution is 2.32. The number of rotatable bonds is 3. The number of guanidine groups is 1. The van der Waals surface area contributed by atoms with Crippen LogP contribution in [-0.2, 0) is 12.7 Å². The summed E-state index contributed by atoms with van der Waals surface area (Å²) in [6.07, 6.45) is 0.0220. The van der Waals surface area contributed by atoms with Crippen LogP contribution >= 0.6 is 0 Å². The fourth-order valence-electron chi connectivity index (χ4n) is 2.43. The molecule has 1 aromatic carbocycles. The maximum absolute atomic E-state index is 12.8. The second-order valence-electron chi connectivity index (χ2n) is 4.98. The zero-order chi connectivity index (χ0) is 14.6. The summed E-state index contributed by atoms with van der Waals surface area (Å²) in [5.41, 5.74) is 5.20. The summed E-state index contributed by atoms with van der Waals surface area (Å²) >= 11 is 0. The molecule has 110 valence electrons. The number of nitrogens with two attached hydrogens (primary N) is 1. The molecule has 1 fully saturated rings. The number of alkyl halides is 3. The van der Waals surface area contributed by atoms with E-state index in [0.29, 0.717) is 6.04 Å². The molecule has 3 N–H and O–H groups in total. The third-order valence-corrected chi connectivity index (χ3v) is 3.45. The monoisotopic (exact) mass is 285 g/mol. The summed E-state index contributed by atoms with van der Waals surface area (Å²) in [6, 6.07) is 5.73. The molecular formula is C14H18F3N3. The summed E-state index contributed by atoms with van der Waals surface area (Å²) in [7, 11) is 0. The Bertz CT molecular complexity index is 477. The molecule has 1 aromatic rings. The van der Waals surface area contributed by atoms with Crippen LogP contribution in [0.2, 0.25) is 0 Å². The van der Waals surface area contributed by atoms with Crippen LogP contribution in [-0.4, -0.2) is 12.0 Å². The Balaban J connectivity index is 2.02. The van der Waals surface area contributed by atoms with E-state index >= 15 is 0 Å². The van der Waals surface area contributed by atoms with E-state index in [2.05, 4.69) is 10.3 Å². The van der Waals surface area contributed by atoms with Gasteiger partial charge in [0.25, 0.3) is 0 Å². The molecule has 1 aliphatic rings. The summed E-state index contributed by atoms with van der Waals surface area (Å²) < 4.78 is 38.4. The minimum Gasteiger partial charge on any atom is -0.370 e. The summed E-state index contributed by atoms with van der Waals surface area (Å²) in [5.74, 6) is 0.217. The van der Waals surface area contributed by atoms with Crippen LogP contribution in [0.3, 0.4) is 0 Å². The maximum atomic E-state index is 12.8. The lowest BCUT2D eigenvalue weighted by atomic mass is 10.1. The molecule has 0 unspecified atom stereocenters. The Morgan fingerprint density at radius 2 is 1.90 bits per heavy atom. The zero-order valence-corrected chi connectivity index (χ0v) is 11.1. The van der Waals surface area contributed by atoms with Crippen LogP contribution < -0.4 is 11.1 Å². The zero-order valence-electron chi connectivity index (χ0n) is 11.1. The van der Waals surface area contributed by atoms with Crippen molar-refractivity contribution in [3.05, 3.63) is 35.4 Å². The lowest BCUT2D eigenvalue weighted by molar-refractivity contribution is -0.138. The van der Waals surface area contributed by atoms with Crippen molar-refractivity contribution in [3.8, 4) is 0 Å². The average molecular weight is 285 g/mol. The summed E-state index contributed by atoms with van der Waals surface area (Å²) in [4.78, 5) is 4.02. The molecule has 0 bridgehead atoms. The molecule has 1 aliphatic carbocycles. The number of hydrogen-bond acceptors (Lipinski definition) is 1. The van der Waals surface area contributed by atoms with Gasteiger partial charge in [-0.1, -0.05) is 31.0 Å². The van der Waals surface area contributed by atoms with Gasteiger partial charge in [0.15, 0.2) is 5.96 Å². The normalized spacial score (nSPS) is 17.4. The van der Waals surface area contributed by atoms with Crippen LogP contribution in [0, 0.1) is 0 Å². The van der Waals surface area contributed by atoms with Crippen molar-refractivity contribution >= 4 is 5.96 Å².